The van der Waals surface area contributed by atoms with Gasteiger partial charge in [-0.2, -0.15) is 0 Å². The minimum absolute atomic E-state index is 0. The summed E-state index contributed by atoms with van der Waals surface area (Å²) in [6, 6.07) is 43.0. The fourth-order valence-electron chi connectivity index (χ4n) is 3.83. The van der Waals surface area contributed by atoms with Crippen molar-refractivity contribution < 1.29 is 21.7 Å². The summed E-state index contributed by atoms with van der Waals surface area (Å²) in [6.45, 7) is 0.703. The van der Waals surface area contributed by atoms with Crippen LogP contribution in [0.3, 0.4) is 0 Å². The first kappa shape index (κ1) is 22.3. The third-order valence-electron chi connectivity index (χ3n) is 5.28. The first-order chi connectivity index (χ1) is 14.4. The molecule has 0 unspecified atom stereocenters. The van der Waals surface area contributed by atoms with Crippen LogP contribution in [0.1, 0.15) is 5.56 Å². The van der Waals surface area contributed by atoms with E-state index in [4.69, 9.17) is 4.74 Å². The van der Waals surface area contributed by atoms with Crippen molar-refractivity contribution in [3.05, 3.63) is 127 Å². The van der Waals surface area contributed by atoms with Gasteiger partial charge in [0.1, 0.15) is 18.5 Å². The van der Waals surface area contributed by atoms with Crippen LogP contribution < -0.4 is 32.3 Å². The fraction of sp³-hybridized carbons (Fsp3) is 0.111. The van der Waals surface area contributed by atoms with E-state index in [-0.39, 0.29) is 17.0 Å². The molecule has 0 aliphatic heterocycles. The minimum Gasteiger partial charge on any atom is -1.00 e. The number of rotatable bonds is 8. The van der Waals surface area contributed by atoms with Gasteiger partial charge >= 0.3 is 0 Å². The molecule has 30 heavy (non-hydrogen) atoms. The molecule has 0 radical (unpaired) electrons. The maximum Gasteiger partial charge on any atom is 0.122 e. The molecule has 3 heteroatoms. The van der Waals surface area contributed by atoms with Crippen LogP contribution in [0.15, 0.2) is 121 Å². The predicted molar refractivity (Wildman–Crippen MR) is 126 cm³/mol. The highest BCUT2D eigenvalue weighted by Gasteiger charge is 2.42. The molecule has 4 rings (SSSR count). The Bertz CT molecular complexity index is 952. The molecular weight excluding hydrogens is 451 g/mol. The van der Waals surface area contributed by atoms with Crippen LogP contribution in [0.5, 0.6) is 5.75 Å². The maximum absolute atomic E-state index is 6.17. The van der Waals surface area contributed by atoms with E-state index in [1.807, 2.05) is 30.3 Å². The van der Waals surface area contributed by atoms with Crippen LogP contribution in [-0.2, 0) is 6.16 Å². The topological polar surface area (TPSA) is 9.23 Å². The summed E-state index contributed by atoms with van der Waals surface area (Å²) in [7, 11) is -1.68. The monoisotopic (exact) mass is 476 g/mol. The quantitative estimate of drug-likeness (QED) is 0.355. The average molecular weight is 477 g/mol. The van der Waals surface area contributed by atoms with Gasteiger partial charge in [-0.15, -0.1) is 0 Å². The fourth-order valence-corrected chi connectivity index (χ4v) is 7.89. The van der Waals surface area contributed by atoms with Gasteiger partial charge < -0.3 is 21.7 Å². The molecule has 0 saturated heterocycles. The number of hydrogen-bond acceptors (Lipinski definition) is 1. The molecule has 0 N–H and O–H groups in total. The molecule has 152 valence electrons. The molecule has 0 bridgehead atoms. The minimum atomic E-state index is -1.68. The highest BCUT2D eigenvalue weighted by atomic mass is 79.9. The van der Waals surface area contributed by atoms with Crippen LogP contribution in [0.25, 0.3) is 0 Å². The Morgan fingerprint density at radius 3 is 1.47 bits per heavy atom. The summed E-state index contributed by atoms with van der Waals surface area (Å²) in [6.07, 6.45) is 2.05. The first-order valence-electron chi connectivity index (χ1n) is 10.1. The third kappa shape index (κ3) is 5.39. The highest BCUT2D eigenvalue weighted by molar-refractivity contribution is 7.88. The van der Waals surface area contributed by atoms with Crippen LogP contribution in [0.4, 0.5) is 0 Å². The summed E-state index contributed by atoms with van der Waals surface area (Å²) >= 11 is 0. The number of hydrogen-bond donors (Lipinski definition) is 0. The van der Waals surface area contributed by atoms with Crippen LogP contribution in [0, 0.1) is 0 Å². The summed E-state index contributed by atoms with van der Waals surface area (Å²) < 4.78 is 6.17. The van der Waals surface area contributed by atoms with Crippen molar-refractivity contribution in [1.29, 1.82) is 0 Å². The molecule has 0 atom stereocenters. The molecule has 0 aromatic heterocycles. The Kier molecular flexibility index (Phi) is 8.25. The van der Waals surface area contributed by atoms with E-state index in [0.29, 0.717) is 6.61 Å². The standard InChI is InChI=1S/C27H26OP.BrH/c1-5-13-24(14-6-1)23-29(26-17-9-3-10-18-26,27-19-11-4-12-20-27)22-21-28-25-15-7-2-8-16-25;/h1-20H,21-23H2;1H/q+1;/p-1. The second kappa shape index (κ2) is 11.1. The predicted octanol–water partition coefficient (Wildman–Crippen LogP) is 2.94. The van der Waals surface area contributed by atoms with Crippen molar-refractivity contribution in [3.8, 4) is 5.75 Å². The lowest BCUT2D eigenvalue weighted by Crippen LogP contribution is -3.00. The molecule has 0 saturated carbocycles. The van der Waals surface area contributed by atoms with E-state index >= 15 is 0 Å². The van der Waals surface area contributed by atoms with Crippen LogP contribution >= 0.6 is 7.26 Å². The molecule has 4 aromatic carbocycles. The summed E-state index contributed by atoms with van der Waals surface area (Å²) in [5, 5.41) is 2.87. The van der Waals surface area contributed by atoms with Crippen LogP contribution in [0.2, 0.25) is 0 Å². The lowest BCUT2D eigenvalue weighted by atomic mass is 10.2. The number of ether oxygens (including phenoxy) is 1. The normalized spacial score (nSPS) is 10.8. The molecule has 0 heterocycles. The zero-order chi connectivity index (χ0) is 19.8. The van der Waals surface area contributed by atoms with Crippen molar-refractivity contribution >= 4 is 17.9 Å². The van der Waals surface area contributed by atoms with Gasteiger partial charge in [0.25, 0.3) is 0 Å². The second-order valence-electron chi connectivity index (χ2n) is 7.17. The molecule has 0 aliphatic carbocycles. The van der Waals surface area contributed by atoms with Crippen molar-refractivity contribution in [2.45, 2.75) is 6.16 Å². The maximum atomic E-state index is 6.17. The summed E-state index contributed by atoms with van der Waals surface area (Å²) in [5.74, 6) is 0.937. The zero-order valence-corrected chi connectivity index (χ0v) is 19.4. The SMILES string of the molecule is [Br-].c1ccc(C[P+](CCOc2ccccc2)(c2ccccc2)c2ccccc2)cc1. The molecule has 0 fully saturated rings. The second-order valence-corrected chi connectivity index (χ2v) is 10.9. The van der Waals surface area contributed by atoms with Gasteiger partial charge in [-0.3, -0.25) is 0 Å². The van der Waals surface area contributed by atoms with E-state index in [0.717, 1.165) is 18.1 Å². The van der Waals surface area contributed by atoms with Crippen LogP contribution in [-0.4, -0.2) is 12.8 Å². The number of benzene rings is 4. The Labute approximate surface area is 190 Å². The van der Waals surface area contributed by atoms with Gasteiger partial charge in [0.2, 0.25) is 0 Å². The number of halogens is 1. The van der Waals surface area contributed by atoms with Gasteiger partial charge in [0.15, 0.2) is 0 Å². The van der Waals surface area contributed by atoms with Gasteiger partial charge in [-0.1, -0.05) is 84.9 Å². The van der Waals surface area contributed by atoms with Gasteiger partial charge in [0.05, 0.1) is 24.0 Å². The highest BCUT2D eigenvalue weighted by Crippen LogP contribution is 2.59. The smallest absolute Gasteiger partial charge is 0.122 e. The Hall–Kier alpha value is -2.41. The van der Waals surface area contributed by atoms with E-state index in [9.17, 15) is 0 Å². The van der Waals surface area contributed by atoms with Gasteiger partial charge in [0, 0.05) is 0 Å². The van der Waals surface area contributed by atoms with Gasteiger partial charge in [-0.05, 0) is 42.0 Å². The van der Waals surface area contributed by atoms with Crippen molar-refractivity contribution in [1.82, 2.24) is 0 Å². The summed E-state index contributed by atoms with van der Waals surface area (Å²) in [4.78, 5) is 0. The molecule has 0 aliphatic rings. The lowest BCUT2D eigenvalue weighted by Gasteiger charge is -2.28. The van der Waals surface area contributed by atoms with Crippen molar-refractivity contribution in [3.63, 3.8) is 0 Å². The molecule has 0 amide bonds. The van der Waals surface area contributed by atoms with E-state index in [2.05, 4.69) is 91.0 Å². The van der Waals surface area contributed by atoms with E-state index < -0.39 is 7.26 Å². The zero-order valence-electron chi connectivity index (χ0n) is 16.9. The number of para-hydroxylation sites is 1. The largest absolute Gasteiger partial charge is 1.00 e. The molecule has 4 aromatic rings. The lowest BCUT2D eigenvalue weighted by molar-refractivity contribution is -0.00000622. The molecule has 0 spiro atoms. The molecule has 1 nitrogen and oxygen atoms in total. The van der Waals surface area contributed by atoms with E-state index in [1.165, 1.54) is 16.2 Å². The van der Waals surface area contributed by atoms with Crippen molar-refractivity contribution in [2.75, 3.05) is 12.8 Å². The third-order valence-corrected chi connectivity index (χ3v) is 9.71. The Morgan fingerprint density at radius 2 is 0.967 bits per heavy atom. The summed E-state index contributed by atoms with van der Waals surface area (Å²) in [5.41, 5.74) is 1.38. The molecular formula is C27H26BrOP. The first-order valence-corrected chi connectivity index (χ1v) is 12.2. The average Bonchev–Trinajstić information content (AvgIpc) is 2.81. The Balaban J connectivity index is 0.00000256. The van der Waals surface area contributed by atoms with Gasteiger partial charge in [-0.25, -0.2) is 0 Å². The Morgan fingerprint density at radius 1 is 0.533 bits per heavy atom. The van der Waals surface area contributed by atoms with Crippen molar-refractivity contribution in [2.24, 2.45) is 0 Å². The van der Waals surface area contributed by atoms with E-state index in [1.54, 1.807) is 0 Å².